The van der Waals surface area contributed by atoms with Crippen LogP contribution in [0.4, 0.5) is 0 Å². The van der Waals surface area contributed by atoms with E-state index in [2.05, 4.69) is 59.6 Å². The van der Waals surface area contributed by atoms with Crippen molar-refractivity contribution in [2.45, 2.75) is 69.9 Å². The maximum Gasteiger partial charge on any atom is 0.0898 e. The number of aliphatic imine (C=N–C) groups is 2. The Balaban J connectivity index is 1.40. The van der Waals surface area contributed by atoms with Crippen LogP contribution in [0.25, 0.3) is 0 Å². The van der Waals surface area contributed by atoms with Crippen molar-refractivity contribution >= 4 is 6.01 Å². The third-order valence-electron chi connectivity index (χ3n) is 6.77. The van der Waals surface area contributed by atoms with Gasteiger partial charge in [-0.2, -0.15) is 0 Å². The Labute approximate surface area is 152 Å². The molecule has 0 spiro atoms. The first-order valence-electron chi connectivity index (χ1n) is 10.2. The summed E-state index contributed by atoms with van der Waals surface area (Å²) in [5, 5.41) is 0. The molecule has 2 saturated carbocycles. The Bertz CT molecular complexity index is 577. The Morgan fingerprint density at radius 1 is 0.640 bits per heavy atom. The van der Waals surface area contributed by atoms with E-state index in [4.69, 9.17) is 4.99 Å². The SMILES string of the molecule is C(=NC1CCCCC1)=NC1CCC(C2C=CC=C2)(C2C=CC=C2)CC1. The summed E-state index contributed by atoms with van der Waals surface area (Å²) >= 11 is 0. The predicted molar refractivity (Wildman–Crippen MR) is 105 cm³/mol. The summed E-state index contributed by atoms with van der Waals surface area (Å²) in [7, 11) is 0. The highest BCUT2D eigenvalue weighted by Crippen LogP contribution is 2.52. The van der Waals surface area contributed by atoms with E-state index in [1.807, 2.05) is 0 Å². The van der Waals surface area contributed by atoms with E-state index in [-0.39, 0.29) is 0 Å². The molecular weight excluding hydrogens is 304 g/mol. The fraction of sp³-hybridized carbons (Fsp3) is 0.609. The van der Waals surface area contributed by atoms with Gasteiger partial charge in [-0.15, -0.1) is 0 Å². The number of rotatable bonds is 4. The van der Waals surface area contributed by atoms with Crippen molar-refractivity contribution < 1.29 is 0 Å². The zero-order valence-corrected chi connectivity index (χ0v) is 15.2. The summed E-state index contributed by atoms with van der Waals surface area (Å²) in [5.41, 5.74) is 0.347. The molecule has 0 bridgehead atoms. The highest BCUT2D eigenvalue weighted by molar-refractivity contribution is 5.42. The Kier molecular flexibility index (Phi) is 5.17. The molecule has 0 atom stereocenters. The standard InChI is InChI=1S/C23H30N2/c1-2-12-21(13-3-1)24-18-25-22-14-16-23(17-15-22,19-8-4-5-9-19)20-10-6-7-11-20/h4-11,19-22H,1-3,12-17H2. The van der Waals surface area contributed by atoms with Gasteiger partial charge in [0.25, 0.3) is 0 Å². The molecular formula is C23H30N2. The van der Waals surface area contributed by atoms with Crippen LogP contribution >= 0.6 is 0 Å². The van der Waals surface area contributed by atoms with Gasteiger partial charge in [-0.05, 0) is 43.9 Å². The van der Waals surface area contributed by atoms with Gasteiger partial charge in [-0.25, -0.2) is 9.98 Å². The molecule has 0 radical (unpaired) electrons. The van der Waals surface area contributed by atoms with Gasteiger partial charge in [0.2, 0.25) is 0 Å². The molecule has 132 valence electrons. The lowest BCUT2D eigenvalue weighted by Gasteiger charge is -2.45. The molecule has 0 aliphatic heterocycles. The summed E-state index contributed by atoms with van der Waals surface area (Å²) in [6, 6.07) is 3.99. The largest absolute Gasteiger partial charge is 0.222 e. The van der Waals surface area contributed by atoms with Crippen molar-refractivity contribution in [2.75, 3.05) is 0 Å². The highest BCUT2D eigenvalue weighted by atomic mass is 14.9. The average molecular weight is 335 g/mol. The van der Waals surface area contributed by atoms with Gasteiger partial charge in [0, 0.05) is 11.8 Å². The van der Waals surface area contributed by atoms with Crippen LogP contribution in [-0.4, -0.2) is 18.1 Å². The number of hydrogen-bond donors (Lipinski definition) is 0. The van der Waals surface area contributed by atoms with Crippen molar-refractivity contribution in [2.24, 2.45) is 27.2 Å². The first kappa shape index (κ1) is 16.8. The Morgan fingerprint density at radius 3 is 1.64 bits per heavy atom. The molecule has 0 aromatic carbocycles. The second-order valence-electron chi connectivity index (χ2n) is 8.21. The zero-order chi connectivity index (χ0) is 17.0. The van der Waals surface area contributed by atoms with Gasteiger partial charge in [0.05, 0.1) is 18.1 Å². The molecule has 0 heterocycles. The van der Waals surface area contributed by atoms with Crippen LogP contribution in [0.1, 0.15) is 57.8 Å². The van der Waals surface area contributed by atoms with E-state index in [1.165, 1.54) is 57.8 Å². The quantitative estimate of drug-likeness (QED) is 0.571. The van der Waals surface area contributed by atoms with E-state index in [0.717, 1.165) is 0 Å². The summed E-state index contributed by atoms with van der Waals surface area (Å²) in [6.45, 7) is 0. The lowest BCUT2D eigenvalue weighted by atomic mass is 9.59. The second kappa shape index (κ2) is 7.70. The van der Waals surface area contributed by atoms with Gasteiger partial charge in [0.1, 0.15) is 0 Å². The van der Waals surface area contributed by atoms with E-state index < -0.39 is 0 Å². The van der Waals surface area contributed by atoms with Crippen LogP contribution in [0.5, 0.6) is 0 Å². The van der Waals surface area contributed by atoms with Crippen molar-refractivity contribution in [1.29, 1.82) is 0 Å². The number of allylic oxidation sites excluding steroid dienone is 8. The van der Waals surface area contributed by atoms with Crippen LogP contribution in [-0.2, 0) is 0 Å². The van der Waals surface area contributed by atoms with Crippen LogP contribution in [0.3, 0.4) is 0 Å². The smallest absolute Gasteiger partial charge is 0.0898 e. The van der Waals surface area contributed by atoms with Gasteiger partial charge < -0.3 is 0 Å². The summed E-state index contributed by atoms with van der Waals surface area (Å²) in [6.07, 6.45) is 29.8. The van der Waals surface area contributed by atoms with E-state index in [9.17, 15) is 0 Å². The van der Waals surface area contributed by atoms with E-state index in [0.29, 0.717) is 29.3 Å². The molecule has 2 nitrogen and oxygen atoms in total. The average Bonchev–Trinajstić information content (AvgIpc) is 3.38. The summed E-state index contributed by atoms with van der Waals surface area (Å²) in [5.74, 6) is 1.15. The molecule has 25 heavy (non-hydrogen) atoms. The minimum Gasteiger partial charge on any atom is -0.222 e. The lowest BCUT2D eigenvalue weighted by molar-refractivity contribution is 0.108. The summed E-state index contributed by atoms with van der Waals surface area (Å²) in [4.78, 5) is 9.31. The molecule has 4 rings (SSSR count). The van der Waals surface area contributed by atoms with Crippen molar-refractivity contribution in [3.63, 3.8) is 0 Å². The van der Waals surface area contributed by atoms with Gasteiger partial charge >= 0.3 is 0 Å². The normalized spacial score (nSPS) is 27.0. The summed E-state index contributed by atoms with van der Waals surface area (Å²) < 4.78 is 0. The highest BCUT2D eigenvalue weighted by Gasteiger charge is 2.44. The van der Waals surface area contributed by atoms with E-state index >= 15 is 0 Å². The Morgan fingerprint density at radius 2 is 1.12 bits per heavy atom. The number of nitrogens with zero attached hydrogens (tertiary/aromatic N) is 2. The molecule has 0 aromatic rings. The van der Waals surface area contributed by atoms with Crippen LogP contribution < -0.4 is 0 Å². The minimum absolute atomic E-state index is 0.347. The second-order valence-corrected chi connectivity index (χ2v) is 8.21. The maximum atomic E-state index is 4.71. The van der Waals surface area contributed by atoms with Crippen molar-refractivity contribution in [3.8, 4) is 0 Å². The predicted octanol–water partition coefficient (Wildman–Crippen LogP) is 5.91. The van der Waals surface area contributed by atoms with Gasteiger partial charge in [-0.1, -0.05) is 67.9 Å². The fourth-order valence-corrected chi connectivity index (χ4v) is 5.20. The molecule has 0 N–H and O–H groups in total. The van der Waals surface area contributed by atoms with Crippen LogP contribution in [0.2, 0.25) is 0 Å². The molecule has 4 aliphatic rings. The first-order chi connectivity index (χ1) is 12.4. The maximum absolute atomic E-state index is 4.71. The fourth-order valence-electron chi connectivity index (χ4n) is 5.20. The minimum atomic E-state index is 0.347. The Hall–Kier alpha value is -1.66. The topological polar surface area (TPSA) is 24.7 Å². The van der Waals surface area contributed by atoms with Crippen LogP contribution in [0, 0.1) is 17.3 Å². The van der Waals surface area contributed by atoms with Crippen molar-refractivity contribution in [3.05, 3.63) is 48.6 Å². The lowest BCUT2D eigenvalue weighted by Crippen LogP contribution is -2.39. The van der Waals surface area contributed by atoms with Gasteiger partial charge in [0.15, 0.2) is 0 Å². The van der Waals surface area contributed by atoms with Crippen LogP contribution in [0.15, 0.2) is 58.6 Å². The molecule has 4 aliphatic carbocycles. The molecule has 0 saturated heterocycles. The molecule has 0 unspecified atom stereocenters. The zero-order valence-electron chi connectivity index (χ0n) is 15.2. The van der Waals surface area contributed by atoms with E-state index in [1.54, 1.807) is 0 Å². The third kappa shape index (κ3) is 3.65. The molecule has 0 aromatic heterocycles. The molecule has 2 fully saturated rings. The molecule has 2 heteroatoms. The number of hydrogen-bond acceptors (Lipinski definition) is 2. The third-order valence-corrected chi connectivity index (χ3v) is 6.77. The monoisotopic (exact) mass is 334 g/mol. The molecule has 0 amide bonds. The van der Waals surface area contributed by atoms with Gasteiger partial charge in [-0.3, -0.25) is 0 Å². The first-order valence-corrected chi connectivity index (χ1v) is 10.2. The van der Waals surface area contributed by atoms with Crippen molar-refractivity contribution in [1.82, 2.24) is 0 Å².